The quantitative estimate of drug-likeness (QED) is 0.450. The molecular weight excluding hydrogens is 472 g/mol. The van der Waals surface area contributed by atoms with Crippen LogP contribution in [0.1, 0.15) is 53.3 Å². The summed E-state index contributed by atoms with van der Waals surface area (Å²) in [6, 6.07) is 14.1. The van der Waals surface area contributed by atoms with Crippen LogP contribution >= 0.6 is 0 Å². The van der Waals surface area contributed by atoms with Gasteiger partial charge < -0.3 is 30.1 Å². The second kappa shape index (κ2) is 10.5. The van der Waals surface area contributed by atoms with Crippen LogP contribution in [0.5, 0.6) is 17.2 Å². The molecule has 3 aromatic rings. The van der Waals surface area contributed by atoms with Crippen LogP contribution in [-0.4, -0.2) is 47.7 Å². The van der Waals surface area contributed by atoms with E-state index in [1.165, 1.54) is 4.90 Å². The topological polar surface area (TPSA) is 113 Å². The van der Waals surface area contributed by atoms with Gasteiger partial charge in [0.2, 0.25) is 0 Å². The molecule has 1 aromatic heterocycles. The number of fused-ring (bicyclic) bond motifs is 2. The van der Waals surface area contributed by atoms with Crippen molar-refractivity contribution in [1.82, 2.24) is 10.3 Å². The Morgan fingerprint density at radius 2 is 1.92 bits per heavy atom. The van der Waals surface area contributed by atoms with Crippen LogP contribution in [0.25, 0.3) is 0 Å². The molecular formula is C28H30N4O5. The van der Waals surface area contributed by atoms with Gasteiger partial charge in [-0.3, -0.25) is 9.59 Å². The SMILES string of the molecule is CCOc1cc(C(=O)N[C@H]2CC[C@H](O)CC2)ccc1Nc1cc2c(cn1)N(C)C(=O)c1ccccc1O2. The summed E-state index contributed by atoms with van der Waals surface area (Å²) in [4.78, 5) is 31.7. The molecule has 0 bridgehead atoms. The Balaban J connectivity index is 1.37. The molecule has 2 aromatic carbocycles. The first-order chi connectivity index (χ1) is 17.9. The molecule has 0 saturated heterocycles. The van der Waals surface area contributed by atoms with Crippen molar-refractivity contribution in [2.75, 3.05) is 23.9 Å². The van der Waals surface area contributed by atoms with Crippen molar-refractivity contribution in [3.05, 3.63) is 65.9 Å². The van der Waals surface area contributed by atoms with Crippen molar-refractivity contribution < 1.29 is 24.2 Å². The summed E-state index contributed by atoms with van der Waals surface area (Å²) in [5.41, 5.74) is 2.17. The molecule has 9 heteroatoms. The maximum absolute atomic E-state index is 12.9. The summed E-state index contributed by atoms with van der Waals surface area (Å²) in [7, 11) is 1.69. The molecule has 3 N–H and O–H groups in total. The van der Waals surface area contributed by atoms with Gasteiger partial charge in [-0.05, 0) is 62.9 Å². The van der Waals surface area contributed by atoms with Crippen LogP contribution in [-0.2, 0) is 0 Å². The number of nitrogens with one attached hydrogen (secondary N) is 2. The Bertz CT molecular complexity index is 1320. The highest BCUT2D eigenvalue weighted by atomic mass is 16.5. The van der Waals surface area contributed by atoms with E-state index >= 15 is 0 Å². The number of benzene rings is 2. The van der Waals surface area contributed by atoms with Gasteiger partial charge in [0, 0.05) is 24.7 Å². The minimum Gasteiger partial charge on any atom is -0.492 e. The van der Waals surface area contributed by atoms with Gasteiger partial charge in [-0.15, -0.1) is 0 Å². The molecule has 2 heterocycles. The second-order valence-corrected chi connectivity index (χ2v) is 9.25. The molecule has 1 aliphatic carbocycles. The number of amides is 2. The minimum absolute atomic E-state index is 0.0585. The number of hydrogen-bond acceptors (Lipinski definition) is 7. The first-order valence-electron chi connectivity index (χ1n) is 12.5. The fourth-order valence-corrected chi connectivity index (χ4v) is 4.64. The van der Waals surface area contributed by atoms with Gasteiger partial charge in [0.1, 0.15) is 23.0 Å². The highest BCUT2D eigenvalue weighted by Crippen LogP contribution is 2.40. The lowest BCUT2D eigenvalue weighted by Gasteiger charge is -2.26. The van der Waals surface area contributed by atoms with Crippen LogP contribution in [0, 0.1) is 0 Å². The van der Waals surface area contributed by atoms with Gasteiger partial charge in [0.05, 0.1) is 30.2 Å². The van der Waals surface area contributed by atoms with Crippen molar-refractivity contribution in [3.63, 3.8) is 0 Å². The summed E-state index contributed by atoms with van der Waals surface area (Å²) < 4.78 is 11.9. The maximum Gasteiger partial charge on any atom is 0.261 e. The van der Waals surface area contributed by atoms with E-state index in [2.05, 4.69) is 15.6 Å². The van der Waals surface area contributed by atoms with E-state index in [0.29, 0.717) is 65.0 Å². The fourth-order valence-electron chi connectivity index (χ4n) is 4.64. The zero-order valence-electron chi connectivity index (χ0n) is 20.9. The number of carbonyl (C=O) groups excluding carboxylic acids is 2. The van der Waals surface area contributed by atoms with Gasteiger partial charge in [-0.25, -0.2) is 4.98 Å². The number of hydrogen-bond donors (Lipinski definition) is 3. The Kier molecular flexibility index (Phi) is 6.96. The summed E-state index contributed by atoms with van der Waals surface area (Å²) in [6.07, 6.45) is 4.25. The molecule has 0 atom stereocenters. The average Bonchev–Trinajstić information content (AvgIpc) is 3.00. The number of nitrogens with zero attached hydrogens (tertiary/aromatic N) is 2. The Labute approximate surface area is 215 Å². The summed E-state index contributed by atoms with van der Waals surface area (Å²) in [5, 5.41) is 16.0. The van der Waals surface area contributed by atoms with E-state index in [-0.39, 0.29) is 24.0 Å². The van der Waals surface area contributed by atoms with Gasteiger partial charge >= 0.3 is 0 Å². The van der Waals surface area contributed by atoms with Gasteiger partial charge in [-0.1, -0.05) is 12.1 Å². The van der Waals surface area contributed by atoms with E-state index in [9.17, 15) is 14.7 Å². The molecule has 0 unspecified atom stereocenters. The molecule has 2 aliphatic rings. The van der Waals surface area contributed by atoms with Crippen LogP contribution in [0.4, 0.5) is 17.2 Å². The standard InChI is InChI=1S/C28H30N4O5/c1-3-36-24-14-17(27(34)30-18-9-11-19(33)12-10-18)8-13-21(24)31-26-15-25-22(16-29-26)32(2)28(35)20-6-4-5-7-23(20)37-25/h4-8,13-16,18-19,33H,3,9-12H2,1-2H3,(H,29,31)(H,30,34)/t18-,19-. The molecule has 0 spiro atoms. The van der Waals surface area contributed by atoms with Crippen molar-refractivity contribution >= 4 is 29.0 Å². The monoisotopic (exact) mass is 502 g/mol. The Morgan fingerprint density at radius 3 is 2.70 bits per heavy atom. The van der Waals surface area contributed by atoms with E-state index in [1.54, 1.807) is 55.7 Å². The predicted molar refractivity (Wildman–Crippen MR) is 140 cm³/mol. The molecule has 1 aliphatic heterocycles. The first-order valence-corrected chi connectivity index (χ1v) is 12.5. The number of rotatable bonds is 6. The number of aliphatic hydroxyl groups excluding tert-OH is 1. The van der Waals surface area contributed by atoms with Crippen molar-refractivity contribution in [2.24, 2.45) is 0 Å². The number of aliphatic hydroxyl groups is 1. The Hall–Kier alpha value is -4.11. The third-order valence-electron chi connectivity index (χ3n) is 6.69. The van der Waals surface area contributed by atoms with E-state index in [0.717, 1.165) is 12.8 Å². The average molecular weight is 503 g/mol. The number of ether oxygens (including phenoxy) is 2. The number of aromatic nitrogens is 1. The van der Waals surface area contributed by atoms with Crippen LogP contribution in [0.15, 0.2) is 54.7 Å². The molecule has 9 nitrogen and oxygen atoms in total. The molecule has 1 saturated carbocycles. The summed E-state index contributed by atoms with van der Waals surface area (Å²) >= 11 is 0. The summed E-state index contributed by atoms with van der Waals surface area (Å²) in [6.45, 7) is 2.30. The third kappa shape index (κ3) is 5.22. The number of anilines is 3. The van der Waals surface area contributed by atoms with Gasteiger partial charge in [0.15, 0.2) is 5.75 Å². The third-order valence-corrected chi connectivity index (χ3v) is 6.69. The fraction of sp³-hybridized carbons (Fsp3) is 0.321. The van der Waals surface area contributed by atoms with Crippen LogP contribution < -0.4 is 25.0 Å². The largest absolute Gasteiger partial charge is 0.492 e. The van der Waals surface area contributed by atoms with Crippen LogP contribution in [0.2, 0.25) is 0 Å². The molecule has 5 rings (SSSR count). The smallest absolute Gasteiger partial charge is 0.261 e. The number of para-hydroxylation sites is 1. The highest BCUT2D eigenvalue weighted by molar-refractivity contribution is 6.09. The number of carbonyl (C=O) groups is 2. The molecule has 37 heavy (non-hydrogen) atoms. The first kappa shape index (κ1) is 24.6. The Morgan fingerprint density at radius 1 is 1.14 bits per heavy atom. The normalized spacial score (nSPS) is 18.7. The van der Waals surface area contributed by atoms with Crippen molar-refractivity contribution in [3.8, 4) is 17.2 Å². The van der Waals surface area contributed by atoms with E-state index in [1.807, 2.05) is 13.0 Å². The van der Waals surface area contributed by atoms with Gasteiger partial charge in [0.25, 0.3) is 11.8 Å². The molecule has 2 amide bonds. The van der Waals surface area contributed by atoms with Crippen LogP contribution in [0.3, 0.4) is 0 Å². The lowest BCUT2D eigenvalue weighted by Crippen LogP contribution is -2.38. The molecule has 0 radical (unpaired) electrons. The van der Waals surface area contributed by atoms with E-state index in [4.69, 9.17) is 9.47 Å². The van der Waals surface area contributed by atoms with E-state index < -0.39 is 0 Å². The molecule has 192 valence electrons. The maximum atomic E-state index is 12.9. The lowest BCUT2D eigenvalue weighted by molar-refractivity contribution is 0.0867. The zero-order valence-corrected chi connectivity index (χ0v) is 20.9. The minimum atomic E-state index is -0.273. The number of pyridine rings is 1. The second-order valence-electron chi connectivity index (χ2n) is 9.25. The lowest BCUT2D eigenvalue weighted by atomic mass is 9.93. The highest BCUT2D eigenvalue weighted by Gasteiger charge is 2.26. The zero-order chi connectivity index (χ0) is 25.9. The summed E-state index contributed by atoms with van der Waals surface area (Å²) in [5.74, 6) is 1.64. The molecule has 1 fully saturated rings. The van der Waals surface area contributed by atoms with Crippen molar-refractivity contribution in [1.29, 1.82) is 0 Å². The predicted octanol–water partition coefficient (Wildman–Crippen LogP) is 4.64. The van der Waals surface area contributed by atoms with Gasteiger partial charge in [-0.2, -0.15) is 0 Å². The van der Waals surface area contributed by atoms with Crippen molar-refractivity contribution in [2.45, 2.75) is 44.8 Å².